The van der Waals surface area contributed by atoms with Crippen LogP contribution >= 0.6 is 0 Å². The Bertz CT molecular complexity index is 389. The van der Waals surface area contributed by atoms with E-state index in [0.717, 1.165) is 18.5 Å². The maximum absolute atomic E-state index is 10.7. The van der Waals surface area contributed by atoms with Crippen LogP contribution in [0, 0.1) is 26.7 Å². The molecule has 2 nitrogen and oxygen atoms in total. The van der Waals surface area contributed by atoms with Gasteiger partial charge in [-0.15, -0.1) is 0 Å². The molecule has 0 saturated heterocycles. The van der Waals surface area contributed by atoms with E-state index in [4.69, 9.17) is 0 Å². The molecule has 2 atom stereocenters. The quantitative estimate of drug-likeness (QED) is 0.821. The van der Waals surface area contributed by atoms with Gasteiger partial charge in [-0.1, -0.05) is 38.5 Å². The number of aliphatic hydroxyl groups is 1. The van der Waals surface area contributed by atoms with Gasteiger partial charge in [0.1, 0.15) is 0 Å². The monoisotopic (exact) mass is 263 g/mol. The molecule has 0 heterocycles. The summed E-state index contributed by atoms with van der Waals surface area (Å²) in [4.78, 5) is 0. The lowest BCUT2D eigenvalue weighted by Gasteiger charge is -2.27. The summed E-state index contributed by atoms with van der Waals surface area (Å²) in [6.07, 6.45) is 0.505. The molecule has 0 spiro atoms. The number of hydrogen-bond acceptors (Lipinski definition) is 2. The minimum absolute atomic E-state index is 0.127. The second-order valence-electron chi connectivity index (χ2n) is 6.07. The van der Waals surface area contributed by atoms with E-state index in [2.05, 4.69) is 59.0 Å². The van der Waals surface area contributed by atoms with E-state index < -0.39 is 6.10 Å². The molecule has 19 heavy (non-hydrogen) atoms. The van der Waals surface area contributed by atoms with Gasteiger partial charge in [-0.25, -0.2) is 0 Å². The summed E-state index contributed by atoms with van der Waals surface area (Å²) in [6, 6.07) is 4.43. The molecule has 0 bridgehead atoms. The predicted octanol–water partition coefficient (Wildman–Crippen LogP) is 3.67. The maximum Gasteiger partial charge on any atom is 0.0947 e. The zero-order chi connectivity index (χ0) is 14.6. The molecule has 2 N–H and O–H groups in total. The highest BCUT2D eigenvalue weighted by molar-refractivity contribution is 5.39. The van der Waals surface area contributed by atoms with Crippen molar-refractivity contribution in [2.24, 2.45) is 5.92 Å². The number of benzene rings is 1. The first kappa shape index (κ1) is 16.2. The fourth-order valence-corrected chi connectivity index (χ4v) is 2.73. The maximum atomic E-state index is 10.7. The van der Waals surface area contributed by atoms with Crippen molar-refractivity contribution in [3.8, 4) is 0 Å². The van der Waals surface area contributed by atoms with Crippen molar-refractivity contribution in [2.45, 2.75) is 60.1 Å². The Kier molecular flexibility index (Phi) is 6.02. The van der Waals surface area contributed by atoms with Crippen LogP contribution in [0.2, 0.25) is 0 Å². The van der Waals surface area contributed by atoms with E-state index in [9.17, 15) is 5.11 Å². The van der Waals surface area contributed by atoms with Crippen molar-refractivity contribution < 1.29 is 5.11 Å². The summed E-state index contributed by atoms with van der Waals surface area (Å²) in [7, 11) is 0. The zero-order valence-electron chi connectivity index (χ0n) is 13.2. The van der Waals surface area contributed by atoms with Crippen LogP contribution in [-0.4, -0.2) is 17.7 Å². The molecule has 108 valence electrons. The molecule has 2 unspecified atom stereocenters. The fraction of sp³-hybridized carbons (Fsp3) is 0.647. The Labute approximate surface area is 118 Å². The van der Waals surface area contributed by atoms with Crippen molar-refractivity contribution in [1.82, 2.24) is 5.32 Å². The molecular formula is C17H29NO. The normalized spacial score (nSPS) is 14.7. The molecule has 0 aliphatic heterocycles. The molecule has 1 rings (SSSR count). The highest BCUT2D eigenvalue weighted by Gasteiger charge is 2.22. The predicted molar refractivity (Wildman–Crippen MR) is 82.5 cm³/mol. The van der Waals surface area contributed by atoms with Crippen LogP contribution in [0.25, 0.3) is 0 Å². The number of aryl methyl sites for hydroxylation is 3. The van der Waals surface area contributed by atoms with E-state index in [1.807, 2.05) is 0 Å². The lowest BCUT2D eigenvalue weighted by molar-refractivity contribution is 0.123. The Balaban J connectivity index is 2.94. The van der Waals surface area contributed by atoms with Gasteiger partial charge in [-0.2, -0.15) is 0 Å². The molecule has 0 aromatic heterocycles. The van der Waals surface area contributed by atoms with Crippen molar-refractivity contribution >= 4 is 0 Å². The highest BCUT2D eigenvalue weighted by atomic mass is 16.3. The van der Waals surface area contributed by atoms with Crippen LogP contribution in [0.3, 0.4) is 0 Å². The van der Waals surface area contributed by atoms with Gasteiger partial charge in [-0.05, 0) is 56.3 Å². The summed E-state index contributed by atoms with van der Waals surface area (Å²) < 4.78 is 0. The van der Waals surface area contributed by atoms with Crippen molar-refractivity contribution in [2.75, 3.05) is 6.54 Å². The van der Waals surface area contributed by atoms with E-state index >= 15 is 0 Å². The van der Waals surface area contributed by atoms with Crippen LogP contribution in [0.4, 0.5) is 0 Å². The topological polar surface area (TPSA) is 32.3 Å². The average Bonchev–Trinajstić information content (AvgIpc) is 2.27. The number of nitrogens with one attached hydrogen (secondary N) is 1. The zero-order valence-corrected chi connectivity index (χ0v) is 13.2. The molecule has 1 aromatic rings. The van der Waals surface area contributed by atoms with Crippen molar-refractivity contribution in [3.05, 3.63) is 34.4 Å². The van der Waals surface area contributed by atoms with Crippen LogP contribution in [0.5, 0.6) is 0 Å². The second-order valence-corrected chi connectivity index (χ2v) is 6.07. The van der Waals surface area contributed by atoms with Gasteiger partial charge in [0, 0.05) is 6.04 Å². The summed E-state index contributed by atoms with van der Waals surface area (Å²) >= 11 is 0. The van der Waals surface area contributed by atoms with Crippen LogP contribution in [-0.2, 0) is 0 Å². The standard InChI is InChI=1S/C17H29NO/c1-7-15(18-10-11(2)3)17(19)16-13(5)8-12(4)9-14(16)6/h8-9,11,15,17-19H,7,10H2,1-6H3. The molecular weight excluding hydrogens is 234 g/mol. The number of aliphatic hydroxyl groups excluding tert-OH is 1. The Hall–Kier alpha value is -0.860. The molecule has 0 aliphatic rings. The molecule has 0 radical (unpaired) electrons. The molecule has 2 heteroatoms. The van der Waals surface area contributed by atoms with Crippen LogP contribution in [0.15, 0.2) is 12.1 Å². The van der Waals surface area contributed by atoms with E-state index in [0.29, 0.717) is 5.92 Å². The van der Waals surface area contributed by atoms with E-state index in [-0.39, 0.29) is 6.04 Å². The SMILES string of the molecule is CCC(NCC(C)C)C(O)c1c(C)cc(C)cc1C. The molecule has 0 aliphatic carbocycles. The third kappa shape index (κ3) is 4.32. The van der Waals surface area contributed by atoms with E-state index in [1.54, 1.807) is 0 Å². The number of rotatable bonds is 6. The van der Waals surface area contributed by atoms with Gasteiger partial charge >= 0.3 is 0 Å². The van der Waals surface area contributed by atoms with Crippen molar-refractivity contribution in [1.29, 1.82) is 0 Å². The summed E-state index contributed by atoms with van der Waals surface area (Å²) in [6.45, 7) is 13.7. The minimum atomic E-state index is -0.427. The largest absolute Gasteiger partial charge is 0.387 e. The first-order valence-corrected chi connectivity index (χ1v) is 7.36. The summed E-state index contributed by atoms with van der Waals surface area (Å²) in [5.74, 6) is 0.599. The third-order valence-electron chi connectivity index (χ3n) is 3.64. The lowest BCUT2D eigenvalue weighted by atomic mass is 9.91. The smallest absolute Gasteiger partial charge is 0.0947 e. The van der Waals surface area contributed by atoms with Crippen LogP contribution < -0.4 is 5.32 Å². The molecule has 0 amide bonds. The molecule has 1 aromatic carbocycles. The Morgan fingerprint density at radius 3 is 2.05 bits per heavy atom. The fourth-order valence-electron chi connectivity index (χ4n) is 2.73. The average molecular weight is 263 g/mol. The third-order valence-corrected chi connectivity index (χ3v) is 3.64. The van der Waals surface area contributed by atoms with Gasteiger partial charge in [0.05, 0.1) is 6.10 Å². The van der Waals surface area contributed by atoms with Gasteiger partial charge in [0.15, 0.2) is 0 Å². The Morgan fingerprint density at radius 2 is 1.63 bits per heavy atom. The Morgan fingerprint density at radius 1 is 1.11 bits per heavy atom. The first-order chi connectivity index (χ1) is 8.86. The minimum Gasteiger partial charge on any atom is -0.387 e. The number of hydrogen-bond donors (Lipinski definition) is 2. The van der Waals surface area contributed by atoms with Gasteiger partial charge in [0.25, 0.3) is 0 Å². The van der Waals surface area contributed by atoms with Gasteiger partial charge in [-0.3, -0.25) is 0 Å². The lowest BCUT2D eigenvalue weighted by Crippen LogP contribution is -2.37. The summed E-state index contributed by atoms with van der Waals surface area (Å²) in [5.41, 5.74) is 4.73. The van der Waals surface area contributed by atoms with Gasteiger partial charge in [0.2, 0.25) is 0 Å². The highest BCUT2D eigenvalue weighted by Crippen LogP contribution is 2.27. The molecule has 0 saturated carbocycles. The second kappa shape index (κ2) is 7.06. The van der Waals surface area contributed by atoms with E-state index in [1.165, 1.54) is 16.7 Å². The van der Waals surface area contributed by atoms with Gasteiger partial charge < -0.3 is 10.4 Å². The molecule has 0 fully saturated rings. The summed E-state index contributed by atoms with van der Waals surface area (Å²) in [5, 5.41) is 14.2. The van der Waals surface area contributed by atoms with Crippen LogP contribution in [0.1, 0.15) is 55.5 Å². The first-order valence-electron chi connectivity index (χ1n) is 7.36. The van der Waals surface area contributed by atoms with Crippen molar-refractivity contribution in [3.63, 3.8) is 0 Å².